The number of carbonyl (C=O) groups excluding carboxylic acids is 1. The third-order valence-corrected chi connectivity index (χ3v) is 4.22. The van der Waals surface area contributed by atoms with Crippen molar-refractivity contribution < 1.29 is 9.72 Å². The van der Waals surface area contributed by atoms with Gasteiger partial charge in [-0.15, -0.1) is 0 Å². The molecule has 0 aliphatic heterocycles. The number of rotatable bonds is 10. The number of amides is 1. The van der Waals surface area contributed by atoms with Gasteiger partial charge < -0.3 is 16.0 Å². The highest BCUT2D eigenvalue weighted by Crippen LogP contribution is 2.22. The molecule has 1 amide bonds. The third-order valence-electron chi connectivity index (χ3n) is 4.22. The number of nitrogens with zero attached hydrogens (tertiary/aromatic N) is 1. The van der Waals surface area contributed by atoms with Gasteiger partial charge >= 0.3 is 0 Å². The summed E-state index contributed by atoms with van der Waals surface area (Å²) in [5, 5.41) is 20.3. The fourth-order valence-corrected chi connectivity index (χ4v) is 2.61. The Bertz CT molecular complexity index is 750. The molecule has 0 spiro atoms. The van der Waals surface area contributed by atoms with Crippen LogP contribution >= 0.6 is 0 Å². The summed E-state index contributed by atoms with van der Waals surface area (Å²) in [6.45, 7) is 5.04. The Hall–Kier alpha value is -3.09. The first-order chi connectivity index (χ1) is 13.0. The van der Waals surface area contributed by atoms with Crippen molar-refractivity contribution in [3.63, 3.8) is 0 Å². The topological polar surface area (TPSA) is 96.3 Å². The number of hydrogen-bond donors (Lipinski definition) is 3. The van der Waals surface area contributed by atoms with Gasteiger partial charge in [-0.1, -0.05) is 44.2 Å². The normalized spacial score (nSPS) is 11.7. The number of anilines is 2. The molecule has 2 aromatic carbocycles. The van der Waals surface area contributed by atoms with Crippen LogP contribution in [0.1, 0.15) is 20.3 Å². The lowest BCUT2D eigenvalue weighted by atomic mass is 10.0. The maximum atomic E-state index is 12.1. The van der Waals surface area contributed by atoms with E-state index in [0.717, 1.165) is 5.69 Å². The van der Waals surface area contributed by atoms with Gasteiger partial charge in [0.2, 0.25) is 5.91 Å². The molecule has 0 saturated heterocycles. The van der Waals surface area contributed by atoms with Gasteiger partial charge in [-0.2, -0.15) is 0 Å². The molecule has 144 valence electrons. The van der Waals surface area contributed by atoms with E-state index in [1.54, 1.807) is 18.2 Å². The Morgan fingerprint density at radius 3 is 2.41 bits per heavy atom. The SMILES string of the molecule is CC(C)C(CNC(=O)CCNc1ccccc1[N+](=O)[O-])Nc1ccccc1. The van der Waals surface area contributed by atoms with Crippen LogP contribution in [-0.2, 0) is 4.79 Å². The van der Waals surface area contributed by atoms with E-state index in [-0.39, 0.29) is 24.1 Å². The molecule has 0 aliphatic carbocycles. The van der Waals surface area contributed by atoms with Crippen molar-refractivity contribution in [2.45, 2.75) is 26.3 Å². The van der Waals surface area contributed by atoms with Crippen LogP contribution in [0.4, 0.5) is 17.1 Å². The average Bonchev–Trinajstić information content (AvgIpc) is 2.66. The molecular formula is C20H26N4O3. The molecular weight excluding hydrogens is 344 g/mol. The monoisotopic (exact) mass is 370 g/mol. The number of carbonyl (C=O) groups is 1. The maximum Gasteiger partial charge on any atom is 0.292 e. The van der Waals surface area contributed by atoms with Crippen molar-refractivity contribution in [1.82, 2.24) is 5.32 Å². The second-order valence-corrected chi connectivity index (χ2v) is 6.62. The number of nitrogens with one attached hydrogen (secondary N) is 3. The molecule has 0 heterocycles. The van der Waals surface area contributed by atoms with E-state index in [9.17, 15) is 14.9 Å². The molecule has 0 bridgehead atoms. The van der Waals surface area contributed by atoms with Gasteiger partial charge in [-0.3, -0.25) is 14.9 Å². The predicted octanol–water partition coefficient (Wildman–Crippen LogP) is 3.65. The molecule has 0 radical (unpaired) electrons. The lowest BCUT2D eigenvalue weighted by Gasteiger charge is -2.24. The van der Waals surface area contributed by atoms with Gasteiger partial charge in [0.1, 0.15) is 5.69 Å². The van der Waals surface area contributed by atoms with Crippen LogP contribution in [0.5, 0.6) is 0 Å². The highest BCUT2D eigenvalue weighted by atomic mass is 16.6. The van der Waals surface area contributed by atoms with E-state index >= 15 is 0 Å². The zero-order valence-corrected chi connectivity index (χ0v) is 15.6. The second-order valence-electron chi connectivity index (χ2n) is 6.62. The van der Waals surface area contributed by atoms with Crippen LogP contribution in [0.15, 0.2) is 54.6 Å². The van der Waals surface area contributed by atoms with Gasteiger partial charge in [0.15, 0.2) is 0 Å². The van der Waals surface area contributed by atoms with Gasteiger partial charge in [-0.25, -0.2) is 0 Å². The van der Waals surface area contributed by atoms with Crippen molar-refractivity contribution in [2.75, 3.05) is 23.7 Å². The van der Waals surface area contributed by atoms with Crippen molar-refractivity contribution in [2.24, 2.45) is 5.92 Å². The minimum atomic E-state index is -0.440. The van der Waals surface area contributed by atoms with Gasteiger partial charge in [-0.05, 0) is 24.1 Å². The van der Waals surface area contributed by atoms with E-state index in [1.807, 2.05) is 30.3 Å². The average molecular weight is 370 g/mol. The second kappa shape index (κ2) is 10.2. The molecule has 0 saturated carbocycles. The van der Waals surface area contributed by atoms with E-state index in [1.165, 1.54) is 6.07 Å². The maximum absolute atomic E-state index is 12.1. The van der Waals surface area contributed by atoms with Crippen LogP contribution in [-0.4, -0.2) is 30.0 Å². The smallest absolute Gasteiger partial charge is 0.292 e. The molecule has 0 aromatic heterocycles. The van der Waals surface area contributed by atoms with Crippen molar-refractivity contribution in [3.8, 4) is 0 Å². The van der Waals surface area contributed by atoms with E-state index in [4.69, 9.17) is 0 Å². The molecule has 7 nitrogen and oxygen atoms in total. The molecule has 3 N–H and O–H groups in total. The summed E-state index contributed by atoms with van der Waals surface area (Å²) in [7, 11) is 0. The number of benzene rings is 2. The van der Waals surface area contributed by atoms with E-state index < -0.39 is 4.92 Å². The van der Waals surface area contributed by atoms with Crippen LogP contribution < -0.4 is 16.0 Å². The first-order valence-electron chi connectivity index (χ1n) is 9.03. The standard InChI is InChI=1S/C20H26N4O3/c1-15(2)18(23-16-8-4-3-5-9-16)14-22-20(25)12-13-21-17-10-6-7-11-19(17)24(26)27/h3-11,15,18,21,23H,12-14H2,1-2H3,(H,22,25). The van der Waals surface area contributed by atoms with Gasteiger partial charge in [0, 0.05) is 37.3 Å². The Labute approximate surface area is 159 Å². The quantitative estimate of drug-likeness (QED) is 0.438. The van der Waals surface area contributed by atoms with E-state index in [0.29, 0.717) is 24.7 Å². The minimum Gasteiger partial charge on any atom is -0.380 e. The summed E-state index contributed by atoms with van der Waals surface area (Å²) >= 11 is 0. The zero-order valence-electron chi connectivity index (χ0n) is 15.6. The summed E-state index contributed by atoms with van der Waals surface area (Å²) in [5.74, 6) is 0.247. The number of nitro groups is 1. The number of para-hydroxylation sites is 3. The molecule has 27 heavy (non-hydrogen) atoms. The van der Waals surface area contributed by atoms with Crippen molar-refractivity contribution in [1.29, 1.82) is 0 Å². The van der Waals surface area contributed by atoms with Crippen molar-refractivity contribution in [3.05, 3.63) is 64.7 Å². The Morgan fingerprint density at radius 1 is 1.07 bits per heavy atom. The lowest BCUT2D eigenvalue weighted by Crippen LogP contribution is -2.40. The summed E-state index contributed by atoms with van der Waals surface area (Å²) in [6, 6.07) is 16.4. The van der Waals surface area contributed by atoms with Gasteiger partial charge in [0.25, 0.3) is 5.69 Å². The predicted molar refractivity (Wildman–Crippen MR) is 108 cm³/mol. The Balaban J connectivity index is 1.78. The molecule has 0 aliphatic rings. The zero-order chi connectivity index (χ0) is 19.6. The fraction of sp³-hybridized carbons (Fsp3) is 0.350. The highest BCUT2D eigenvalue weighted by molar-refractivity contribution is 5.76. The van der Waals surface area contributed by atoms with Crippen LogP contribution in [0.25, 0.3) is 0 Å². The summed E-state index contributed by atoms with van der Waals surface area (Å²) in [6.07, 6.45) is 0.238. The molecule has 7 heteroatoms. The Kier molecular flexibility index (Phi) is 7.61. The van der Waals surface area contributed by atoms with Crippen molar-refractivity contribution >= 4 is 23.0 Å². The first-order valence-corrected chi connectivity index (χ1v) is 9.03. The third kappa shape index (κ3) is 6.62. The summed E-state index contributed by atoms with van der Waals surface area (Å²) in [4.78, 5) is 22.7. The first kappa shape index (κ1) is 20.2. The van der Waals surface area contributed by atoms with Crippen LogP contribution in [0.3, 0.4) is 0 Å². The summed E-state index contributed by atoms with van der Waals surface area (Å²) in [5.41, 5.74) is 1.44. The molecule has 2 rings (SSSR count). The number of hydrogen-bond acceptors (Lipinski definition) is 5. The van der Waals surface area contributed by atoms with E-state index in [2.05, 4.69) is 29.8 Å². The minimum absolute atomic E-state index is 0.00448. The van der Waals surface area contributed by atoms with Crippen LogP contribution in [0.2, 0.25) is 0 Å². The fourth-order valence-electron chi connectivity index (χ4n) is 2.61. The molecule has 2 aromatic rings. The molecule has 0 fully saturated rings. The van der Waals surface area contributed by atoms with Crippen LogP contribution in [0, 0.1) is 16.0 Å². The molecule has 1 atom stereocenters. The lowest BCUT2D eigenvalue weighted by molar-refractivity contribution is -0.384. The van der Waals surface area contributed by atoms with Gasteiger partial charge in [0.05, 0.1) is 4.92 Å². The largest absolute Gasteiger partial charge is 0.380 e. The number of nitro benzene ring substituents is 1. The molecule has 1 unspecified atom stereocenters. The Morgan fingerprint density at radius 2 is 1.74 bits per heavy atom. The highest BCUT2D eigenvalue weighted by Gasteiger charge is 2.15. The summed E-state index contributed by atoms with van der Waals surface area (Å²) < 4.78 is 0.